The molecule has 17 heavy (non-hydrogen) atoms. The first-order valence-electron chi connectivity index (χ1n) is 5.50. The number of hydrogen-bond donors (Lipinski definition) is 1. The molecule has 0 aromatic carbocycles. The fraction of sp³-hybridized carbons (Fsp3) is 0.636. The molecule has 0 amide bonds. The van der Waals surface area contributed by atoms with Crippen molar-refractivity contribution in [2.75, 3.05) is 0 Å². The number of nitrogens with zero attached hydrogens (tertiary/aromatic N) is 1. The van der Waals surface area contributed by atoms with Crippen LogP contribution in [-0.4, -0.2) is 27.8 Å². The number of aryl methyl sites for hydroxylation is 1. The summed E-state index contributed by atoms with van der Waals surface area (Å²) in [5.41, 5.74) is 0.0902. The van der Waals surface area contributed by atoms with Crippen LogP contribution in [0, 0.1) is 6.92 Å². The van der Waals surface area contributed by atoms with Crippen molar-refractivity contribution >= 4 is 17.6 Å². The van der Waals surface area contributed by atoms with Crippen molar-refractivity contribution in [3.63, 3.8) is 0 Å². The standard InChI is InChI=1S/C11H13ClFNO3/c1-5-8(11(15)16)10(14-17-5)9-6(12)3-2-4-7(9)13/h6-7,9H,2-4H2,1H3,(H,15,16). The van der Waals surface area contributed by atoms with E-state index in [1.165, 1.54) is 6.92 Å². The summed E-state index contributed by atoms with van der Waals surface area (Å²) in [6.07, 6.45) is 0.607. The van der Waals surface area contributed by atoms with E-state index in [1.807, 2.05) is 0 Å². The average molecular weight is 262 g/mol. The second-order valence-corrected chi connectivity index (χ2v) is 4.85. The monoisotopic (exact) mass is 261 g/mol. The molecule has 1 saturated carbocycles. The maximum absolute atomic E-state index is 13.9. The molecule has 6 heteroatoms. The van der Waals surface area contributed by atoms with E-state index < -0.39 is 23.4 Å². The highest BCUT2D eigenvalue weighted by atomic mass is 35.5. The second kappa shape index (κ2) is 4.64. The number of hydrogen-bond acceptors (Lipinski definition) is 3. The van der Waals surface area contributed by atoms with Gasteiger partial charge < -0.3 is 9.63 Å². The Bertz CT molecular complexity index is 424. The molecule has 1 aromatic rings. The van der Waals surface area contributed by atoms with Crippen molar-refractivity contribution in [3.05, 3.63) is 17.0 Å². The second-order valence-electron chi connectivity index (χ2n) is 4.29. The number of halogens is 2. The maximum atomic E-state index is 13.9. The predicted octanol–water partition coefficient (Wildman–Crippen LogP) is 2.89. The van der Waals surface area contributed by atoms with Gasteiger partial charge in [0.25, 0.3) is 0 Å². The van der Waals surface area contributed by atoms with E-state index in [2.05, 4.69) is 5.16 Å². The minimum Gasteiger partial charge on any atom is -0.477 e. The van der Waals surface area contributed by atoms with E-state index in [1.54, 1.807) is 0 Å². The van der Waals surface area contributed by atoms with Gasteiger partial charge in [0.05, 0.1) is 5.92 Å². The van der Waals surface area contributed by atoms with Gasteiger partial charge in [-0.3, -0.25) is 0 Å². The van der Waals surface area contributed by atoms with Gasteiger partial charge in [-0.1, -0.05) is 5.16 Å². The Morgan fingerprint density at radius 2 is 2.29 bits per heavy atom. The van der Waals surface area contributed by atoms with Gasteiger partial charge in [0.15, 0.2) is 0 Å². The lowest BCUT2D eigenvalue weighted by molar-refractivity contribution is 0.0692. The quantitative estimate of drug-likeness (QED) is 0.832. The molecule has 0 spiro atoms. The van der Waals surface area contributed by atoms with Crippen LogP contribution in [0.15, 0.2) is 4.52 Å². The molecule has 0 aliphatic heterocycles. The van der Waals surface area contributed by atoms with E-state index >= 15 is 0 Å². The smallest absolute Gasteiger partial charge is 0.341 e. The molecule has 1 aliphatic rings. The largest absolute Gasteiger partial charge is 0.477 e. The van der Waals surface area contributed by atoms with Crippen LogP contribution >= 0.6 is 11.6 Å². The van der Waals surface area contributed by atoms with E-state index in [9.17, 15) is 9.18 Å². The molecule has 1 fully saturated rings. The summed E-state index contributed by atoms with van der Waals surface area (Å²) in [6, 6.07) is 0. The summed E-state index contributed by atoms with van der Waals surface area (Å²) in [5, 5.41) is 12.3. The maximum Gasteiger partial charge on any atom is 0.341 e. The first kappa shape index (κ1) is 12.4. The lowest BCUT2D eigenvalue weighted by atomic mass is 9.83. The van der Waals surface area contributed by atoms with Gasteiger partial charge in [0, 0.05) is 5.38 Å². The molecule has 3 unspecified atom stereocenters. The number of carboxylic acid groups (broad SMARTS) is 1. The van der Waals surface area contributed by atoms with Gasteiger partial charge in [0.1, 0.15) is 23.2 Å². The van der Waals surface area contributed by atoms with Crippen molar-refractivity contribution in [2.45, 2.75) is 43.7 Å². The first-order chi connectivity index (χ1) is 8.02. The van der Waals surface area contributed by atoms with Crippen molar-refractivity contribution in [1.82, 2.24) is 5.16 Å². The summed E-state index contributed by atoms with van der Waals surface area (Å²) in [4.78, 5) is 11.1. The van der Waals surface area contributed by atoms with Crippen LogP contribution in [0.4, 0.5) is 4.39 Å². The van der Waals surface area contributed by atoms with Gasteiger partial charge in [-0.25, -0.2) is 9.18 Å². The van der Waals surface area contributed by atoms with Gasteiger partial charge >= 0.3 is 5.97 Å². The van der Waals surface area contributed by atoms with E-state index in [0.29, 0.717) is 19.3 Å². The summed E-state index contributed by atoms with van der Waals surface area (Å²) >= 11 is 6.08. The third-order valence-corrected chi connectivity index (χ3v) is 3.65. The summed E-state index contributed by atoms with van der Waals surface area (Å²) in [6.45, 7) is 1.50. The molecule has 4 nitrogen and oxygen atoms in total. The Hall–Kier alpha value is -1.10. The van der Waals surface area contributed by atoms with Gasteiger partial charge in [0.2, 0.25) is 0 Å². The number of carboxylic acids is 1. The fourth-order valence-corrected chi connectivity index (χ4v) is 2.74. The number of rotatable bonds is 2. The van der Waals surface area contributed by atoms with Gasteiger partial charge in [-0.05, 0) is 26.2 Å². The lowest BCUT2D eigenvalue weighted by Gasteiger charge is -2.29. The Kier molecular flexibility index (Phi) is 3.38. The van der Waals surface area contributed by atoms with Crippen molar-refractivity contribution in [1.29, 1.82) is 0 Å². The summed E-state index contributed by atoms with van der Waals surface area (Å²) in [5.74, 6) is -1.65. The van der Waals surface area contributed by atoms with Crippen LogP contribution in [0.2, 0.25) is 0 Å². The molecular formula is C11H13ClFNO3. The Balaban J connectivity index is 2.41. The minimum atomic E-state index is -1.16. The number of aromatic nitrogens is 1. The molecule has 1 N–H and O–H groups in total. The van der Waals surface area contributed by atoms with E-state index in [0.717, 1.165) is 0 Å². The average Bonchev–Trinajstić information content (AvgIpc) is 2.60. The Morgan fingerprint density at radius 3 is 2.88 bits per heavy atom. The van der Waals surface area contributed by atoms with Crippen LogP contribution in [0.1, 0.15) is 47.0 Å². The fourth-order valence-electron chi connectivity index (χ4n) is 2.31. The third kappa shape index (κ3) is 2.16. The molecule has 94 valence electrons. The van der Waals surface area contributed by atoms with Crippen LogP contribution in [0.5, 0.6) is 0 Å². The van der Waals surface area contributed by atoms with Crippen LogP contribution in [-0.2, 0) is 0 Å². The third-order valence-electron chi connectivity index (χ3n) is 3.16. The summed E-state index contributed by atoms with van der Waals surface area (Å²) in [7, 11) is 0. The Morgan fingerprint density at radius 1 is 1.59 bits per heavy atom. The van der Waals surface area contributed by atoms with Gasteiger partial charge in [-0.2, -0.15) is 0 Å². The number of aromatic carboxylic acids is 1. The lowest BCUT2D eigenvalue weighted by Crippen LogP contribution is -2.29. The minimum absolute atomic E-state index is 0.0507. The zero-order valence-corrected chi connectivity index (χ0v) is 10.1. The highest BCUT2D eigenvalue weighted by Crippen LogP contribution is 2.39. The summed E-state index contributed by atoms with van der Waals surface area (Å²) < 4.78 is 18.7. The van der Waals surface area contributed by atoms with Crippen molar-refractivity contribution in [2.24, 2.45) is 0 Å². The van der Waals surface area contributed by atoms with Crippen LogP contribution < -0.4 is 0 Å². The highest BCUT2D eigenvalue weighted by Gasteiger charge is 2.39. The zero-order chi connectivity index (χ0) is 12.6. The predicted molar refractivity (Wildman–Crippen MR) is 59.3 cm³/mol. The zero-order valence-electron chi connectivity index (χ0n) is 9.32. The molecule has 1 heterocycles. The Labute approximate surface area is 103 Å². The van der Waals surface area contributed by atoms with E-state index in [-0.39, 0.29) is 17.0 Å². The molecule has 0 saturated heterocycles. The van der Waals surface area contributed by atoms with Gasteiger partial charge in [-0.15, -0.1) is 11.6 Å². The van der Waals surface area contributed by atoms with Crippen LogP contribution in [0.3, 0.4) is 0 Å². The number of alkyl halides is 2. The molecule has 3 atom stereocenters. The highest BCUT2D eigenvalue weighted by molar-refractivity contribution is 6.21. The van der Waals surface area contributed by atoms with Crippen molar-refractivity contribution in [3.8, 4) is 0 Å². The number of carbonyl (C=O) groups is 1. The molecule has 1 aromatic heterocycles. The molecule has 0 bridgehead atoms. The normalized spacial score (nSPS) is 29.2. The molecular weight excluding hydrogens is 249 g/mol. The molecule has 2 rings (SSSR count). The SMILES string of the molecule is Cc1onc(C2C(F)CCCC2Cl)c1C(=O)O. The topological polar surface area (TPSA) is 63.3 Å². The first-order valence-corrected chi connectivity index (χ1v) is 5.93. The van der Waals surface area contributed by atoms with E-state index in [4.69, 9.17) is 21.2 Å². The molecule has 0 radical (unpaired) electrons. The molecule has 1 aliphatic carbocycles. The van der Waals surface area contributed by atoms with Crippen molar-refractivity contribution < 1.29 is 18.8 Å². The van der Waals surface area contributed by atoms with Crippen LogP contribution in [0.25, 0.3) is 0 Å².